The normalized spacial score (nSPS) is 18.0. The van der Waals surface area contributed by atoms with Crippen molar-refractivity contribution in [2.75, 3.05) is 32.8 Å². The van der Waals surface area contributed by atoms with E-state index in [2.05, 4.69) is 41.6 Å². The number of nitrogens with zero attached hydrogens (tertiary/aromatic N) is 3. The Morgan fingerprint density at radius 1 is 1.19 bits per heavy atom. The lowest BCUT2D eigenvalue weighted by atomic mass is 10.1. The first kappa shape index (κ1) is 19.8. The minimum atomic E-state index is -0.114. The Balaban J connectivity index is 1.62. The second-order valence-corrected chi connectivity index (χ2v) is 7.87. The van der Waals surface area contributed by atoms with Gasteiger partial charge in [0.05, 0.1) is 30.2 Å². The average molecular weight is 373 g/mol. The van der Waals surface area contributed by atoms with E-state index >= 15 is 0 Å². The summed E-state index contributed by atoms with van der Waals surface area (Å²) < 4.78 is 7.60. The van der Waals surface area contributed by atoms with Crippen LogP contribution >= 0.6 is 0 Å². The first-order chi connectivity index (χ1) is 13.0. The van der Waals surface area contributed by atoms with Gasteiger partial charge in [0, 0.05) is 38.1 Å². The standard InChI is InChI=1S/C21H32N4O2/c1-15(2)20-23-18-7-5-6-8-19(18)25(20)14-16(3)21(26)22-13-17(4)24-9-11-27-12-10-24/h5-8,15-17H,9-14H2,1-4H3,(H,22,26)/t16-,17-/m0/s1. The maximum atomic E-state index is 12.7. The fourth-order valence-electron chi connectivity index (χ4n) is 3.65. The lowest BCUT2D eigenvalue weighted by Gasteiger charge is -2.32. The molecule has 148 valence electrons. The van der Waals surface area contributed by atoms with Crippen LogP contribution in [0.15, 0.2) is 24.3 Å². The monoisotopic (exact) mass is 372 g/mol. The molecule has 0 aliphatic carbocycles. The Bertz CT molecular complexity index is 765. The number of benzene rings is 1. The Morgan fingerprint density at radius 3 is 2.59 bits per heavy atom. The van der Waals surface area contributed by atoms with Crippen molar-refractivity contribution in [3.8, 4) is 0 Å². The third-order valence-electron chi connectivity index (χ3n) is 5.35. The quantitative estimate of drug-likeness (QED) is 0.812. The number of amides is 1. The predicted molar refractivity (Wildman–Crippen MR) is 108 cm³/mol. The third kappa shape index (κ3) is 4.68. The van der Waals surface area contributed by atoms with Crippen molar-refractivity contribution in [3.63, 3.8) is 0 Å². The van der Waals surface area contributed by atoms with Gasteiger partial charge in [0.2, 0.25) is 5.91 Å². The zero-order valence-corrected chi connectivity index (χ0v) is 16.9. The molecule has 6 nitrogen and oxygen atoms in total. The number of fused-ring (bicyclic) bond motifs is 1. The van der Waals surface area contributed by atoms with Gasteiger partial charge in [-0.15, -0.1) is 0 Å². The topological polar surface area (TPSA) is 59.4 Å². The van der Waals surface area contributed by atoms with Gasteiger partial charge in [-0.1, -0.05) is 32.9 Å². The van der Waals surface area contributed by atoms with Crippen LogP contribution in [-0.4, -0.2) is 59.2 Å². The number of morpholine rings is 1. The third-order valence-corrected chi connectivity index (χ3v) is 5.35. The molecule has 1 aliphatic rings. The fraction of sp³-hybridized carbons (Fsp3) is 0.619. The van der Waals surface area contributed by atoms with Crippen LogP contribution in [0.25, 0.3) is 11.0 Å². The number of nitrogens with one attached hydrogen (secondary N) is 1. The molecule has 0 spiro atoms. The van der Waals surface area contributed by atoms with Crippen molar-refractivity contribution in [2.24, 2.45) is 5.92 Å². The lowest BCUT2D eigenvalue weighted by molar-refractivity contribution is -0.125. The van der Waals surface area contributed by atoms with Crippen LogP contribution in [0.4, 0.5) is 0 Å². The van der Waals surface area contributed by atoms with Crippen LogP contribution in [0.3, 0.4) is 0 Å². The molecule has 3 rings (SSSR count). The molecule has 27 heavy (non-hydrogen) atoms. The highest BCUT2D eigenvalue weighted by Crippen LogP contribution is 2.23. The molecular weight excluding hydrogens is 340 g/mol. The fourth-order valence-corrected chi connectivity index (χ4v) is 3.65. The van der Waals surface area contributed by atoms with Crippen molar-refractivity contribution in [1.29, 1.82) is 0 Å². The molecule has 0 unspecified atom stereocenters. The van der Waals surface area contributed by atoms with Crippen LogP contribution in [0.5, 0.6) is 0 Å². The molecule has 0 radical (unpaired) electrons. The van der Waals surface area contributed by atoms with Gasteiger partial charge >= 0.3 is 0 Å². The number of carbonyl (C=O) groups is 1. The van der Waals surface area contributed by atoms with Gasteiger partial charge in [0.25, 0.3) is 0 Å². The number of carbonyl (C=O) groups excluding carboxylic acids is 1. The predicted octanol–water partition coefficient (Wildman–Crippen LogP) is 2.63. The summed E-state index contributed by atoms with van der Waals surface area (Å²) in [5, 5.41) is 3.13. The first-order valence-corrected chi connectivity index (χ1v) is 10.0. The molecular formula is C21H32N4O2. The number of hydrogen-bond acceptors (Lipinski definition) is 4. The number of hydrogen-bond donors (Lipinski definition) is 1. The highest BCUT2D eigenvalue weighted by Gasteiger charge is 2.21. The molecule has 1 aliphatic heterocycles. The van der Waals surface area contributed by atoms with Crippen molar-refractivity contribution in [3.05, 3.63) is 30.1 Å². The lowest BCUT2D eigenvalue weighted by Crippen LogP contribution is -2.48. The van der Waals surface area contributed by atoms with Crippen LogP contribution < -0.4 is 5.32 Å². The molecule has 6 heteroatoms. The van der Waals surface area contributed by atoms with Crippen LogP contribution in [-0.2, 0) is 16.1 Å². The summed E-state index contributed by atoms with van der Waals surface area (Å²) in [5.41, 5.74) is 2.09. The molecule has 2 atom stereocenters. The Labute approximate surface area is 161 Å². The number of imidazole rings is 1. The molecule has 0 bridgehead atoms. The van der Waals surface area contributed by atoms with E-state index in [1.54, 1.807) is 0 Å². The summed E-state index contributed by atoms with van der Waals surface area (Å²) in [7, 11) is 0. The Hall–Kier alpha value is -1.92. The van der Waals surface area contributed by atoms with E-state index in [4.69, 9.17) is 9.72 Å². The Kier molecular flexibility index (Phi) is 6.50. The zero-order valence-electron chi connectivity index (χ0n) is 16.9. The molecule has 2 aromatic rings. The van der Waals surface area contributed by atoms with Gasteiger partial charge in [-0.05, 0) is 19.1 Å². The van der Waals surface area contributed by atoms with E-state index in [1.165, 1.54) is 0 Å². The molecule has 2 heterocycles. The average Bonchev–Trinajstić information content (AvgIpc) is 3.05. The molecule has 1 amide bonds. The maximum absolute atomic E-state index is 12.7. The second-order valence-electron chi connectivity index (χ2n) is 7.87. The molecule has 1 N–H and O–H groups in total. The van der Waals surface area contributed by atoms with Gasteiger partial charge < -0.3 is 14.6 Å². The van der Waals surface area contributed by atoms with Crippen LogP contribution in [0.1, 0.15) is 39.4 Å². The van der Waals surface area contributed by atoms with E-state index in [9.17, 15) is 4.79 Å². The molecule has 1 aromatic heterocycles. The van der Waals surface area contributed by atoms with Gasteiger partial charge in [0.15, 0.2) is 0 Å². The first-order valence-electron chi connectivity index (χ1n) is 10.0. The smallest absolute Gasteiger partial charge is 0.224 e. The SMILES string of the molecule is CC(C)c1nc2ccccc2n1C[C@H](C)C(=O)NC[C@H](C)N1CCOCC1. The minimum Gasteiger partial charge on any atom is -0.379 e. The second kappa shape index (κ2) is 8.85. The van der Waals surface area contributed by atoms with E-state index in [-0.39, 0.29) is 11.8 Å². The van der Waals surface area contributed by atoms with Gasteiger partial charge in [-0.25, -0.2) is 4.98 Å². The molecule has 1 fully saturated rings. The maximum Gasteiger partial charge on any atom is 0.224 e. The molecule has 1 aromatic carbocycles. The molecule has 0 saturated carbocycles. The summed E-state index contributed by atoms with van der Waals surface area (Å²) in [5.74, 6) is 1.34. The van der Waals surface area contributed by atoms with E-state index in [1.807, 2.05) is 25.1 Å². The largest absolute Gasteiger partial charge is 0.379 e. The summed E-state index contributed by atoms with van der Waals surface area (Å²) in [4.78, 5) is 19.8. The highest BCUT2D eigenvalue weighted by molar-refractivity contribution is 5.79. The van der Waals surface area contributed by atoms with Crippen LogP contribution in [0.2, 0.25) is 0 Å². The van der Waals surface area contributed by atoms with Gasteiger partial charge in [-0.2, -0.15) is 0 Å². The van der Waals surface area contributed by atoms with Gasteiger partial charge in [-0.3, -0.25) is 9.69 Å². The van der Waals surface area contributed by atoms with E-state index in [0.717, 1.165) is 43.2 Å². The van der Waals surface area contributed by atoms with E-state index in [0.29, 0.717) is 25.0 Å². The van der Waals surface area contributed by atoms with Gasteiger partial charge in [0.1, 0.15) is 5.82 Å². The summed E-state index contributed by atoms with van der Waals surface area (Å²) in [6, 6.07) is 8.48. The summed E-state index contributed by atoms with van der Waals surface area (Å²) in [6.07, 6.45) is 0. The summed E-state index contributed by atoms with van der Waals surface area (Å²) >= 11 is 0. The van der Waals surface area contributed by atoms with Crippen molar-refractivity contribution in [2.45, 2.75) is 46.2 Å². The number of ether oxygens (including phenoxy) is 1. The summed E-state index contributed by atoms with van der Waals surface area (Å²) in [6.45, 7) is 13.2. The number of rotatable bonds is 7. The minimum absolute atomic E-state index is 0.0996. The van der Waals surface area contributed by atoms with Crippen molar-refractivity contribution >= 4 is 16.9 Å². The zero-order chi connectivity index (χ0) is 19.4. The highest BCUT2D eigenvalue weighted by atomic mass is 16.5. The number of aromatic nitrogens is 2. The van der Waals surface area contributed by atoms with Crippen molar-refractivity contribution in [1.82, 2.24) is 19.8 Å². The Morgan fingerprint density at radius 2 is 1.89 bits per heavy atom. The van der Waals surface area contributed by atoms with E-state index < -0.39 is 0 Å². The van der Waals surface area contributed by atoms with Crippen molar-refractivity contribution < 1.29 is 9.53 Å². The van der Waals surface area contributed by atoms with Crippen LogP contribution in [0, 0.1) is 5.92 Å². The number of para-hydroxylation sites is 2. The molecule has 1 saturated heterocycles.